The molecule has 1 heterocycles. The molecule has 5 heteroatoms. The van der Waals surface area contributed by atoms with Crippen molar-refractivity contribution in [3.05, 3.63) is 38.9 Å². The lowest BCUT2D eigenvalue weighted by Gasteiger charge is -2.08. The lowest BCUT2D eigenvalue weighted by atomic mass is 10.2. The molecule has 122 valence electrons. The molecule has 0 aliphatic rings. The molecule has 0 bridgehead atoms. The SMILES string of the molecule is Br.CCCCN=c1scc(-c2ccc(Br)cc2)n1CCCC. The van der Waals surface area contributed by atoms with Crippen LogP contribution in [0.5, 0.6) is 0 Å². The zero-order valence-electron chi connectivity index (χ0n) is 13.2. The van der Waals surface area contributed by atoms with E-state index >= 15 is 0 Å². The number of hydrogen-bond acceptors (Lipinski definition) is 2. The molecule has 22 heavy (non-hydrogen) atoms. The molecule has 1 aromatic heterocycles. The van der Waals surface area contributed by atoms with Crippen LogP contribution in [-0.2, 0) is 6.54 Å². The number of benzene rings is 1. The number of halogens is 2. The Morgan fingerprint density at radius 3 is 2.41 bits per heavy atom. The van der Waals surface area contributed by atoms with Crippen molar-refractivity contribution in [2.45, 2.75) is 46.1 Å². The van der Waals surface area contributed by atoms with E-state index in [1.807, 2.05) is 0 Å². The number of rotatable bonds is 7. The van der Waals surface area contributed by atoms with Gasteiger partial charge in [-0.25, -0.2) is 0 Å². The summed E-state index contributed by atoms with van der Waals surface area (Å²) in [6.45, 7) is 6.43. The lowest BCUT2D eigenvalue weighted by molar-refractivity contribution is 0.617. The minimum absolute atomic E-state index is 0. The molecule has 1 aromatic carbocycles. The van der Waals surface area contributed by atoms with E-state index in [9.17, 15) is 0 Å². The van der Waals surface area contributed by atoms with Crippen molar-refractivity contribution in [2.75, 3.05) is 6.54 Å². The molecular weight excluding hydrogens is 424 g/mol. The smallest absolute Gasteiger partial charge is 0.185 e. The van der Waals surface area contributed by atoms with E-state index in [4.69, 9.17) is 4.99 Å². The normalized spacial score (nSPS) is 11.5. The maximum Gasteiger partial charge on any atom is 0.185 e. The Labute approximate surface area is 156 Å². The zero-order chi connectivity index (χ0) is 15.1. The Kier molecular flexibility index (Phi) is 9.29. The van der Waals surface area contributed by atoms with Gasteiger partial charge in [0.2, 0.25) is 0 Å². The van der Waals surface area contributed by atoms with Crippen molar-refractivity contribution in [1.29, 1.82) is 0 Å². The summed E-state index contributed by atoms with van der Waals surface area (Å²) in [4.78, 5) is 5.95. The summed E-state index contributed by atoms with van der Waals surface area (Å²) in [5.41, 5.74) is 2.55. The first-order valence-corrected chi connectivity index (χ1v) is 9.38. The summed E-state index contributed by atoms with van der Waals surface area (Å²) in [7, 11) is 0. The second-order valence-corrected chi connectivity index (χ2v) is 6.90. The van der Waals surface area contributed by atoms with Crippen molar-refractivity contribution in [1.82, 2.24) is 4.57 Å². The molecule has 2 aromatic rings. The molecule has 0 N–H and O–H groups in total. The van der Waals surface area contributed by atoms with Gasteiger partial charge in [-0.15, -0.1) is 28.3 Å². The molecular formula is C17H24Br2N2S. The third kappa shape index (κ3) is 5.36. The highest BCUT2D eigenvalue weighted by Crippen LogP contribution is 2.22. The van der Waals surface area contributed by atoms with Gasteiger partial charge in [0, 0.05) is 22.9 Å². The summed E-state index contributed by atoms with van der Waals surface area (Å²) >= 11 is 5.26. The molecule has 0 saturated heterocycles. The van der Waals surface area contributed by atoms with E-state index in [0.29, 0.717) is 0 Å². The third-order valence-electron chi connectivity index (χ3n) is 3.43. The molecule has 0 fully saturated rings. The van der Waals surface area contributed by atoms with Gasteiger partial charge in [0.05, 0.1) is 5.69 Å². The van der Waals surface area contributed by atoms with Gasteiger partial charge in [-0.3, -0.25) is 4.99 Å². The average Bonchev–Trinajstić information content (AvgIpc) is 2.89. The molecule has 0 amide bonds. The van der Waals surface area contributed by atoms with Crippen molar-refractivity contribution in [3.63, 3.8) is 0 Å². The van der Waals surface area contributed by atoms with E-state index in [1.165, 1.54) is 36.9 Å². The molecule has 2 rings (SSSR count). The fraction of sp³-hybridized carbons (Fsp3) is 0.471. The summed E-state index contributed by atoms with van der Waals surface area (Å²) in [5.74, 6) is 0. The van der Waals surface area contributed by atoms with Gasteiger partial charge in [-0.05, 0) is 30.5 Å². The van der Waals surface area contributed by atoms with E-state index in [1.54, 1.807) is 11.3 Å². The highest BCUT2D eigenvalue weighted by Gasteiger charge is 2.07. The van der Waals surface area contributed by atoms with Gasteiger partial charge in [0.1, 0.15) is 0 Å². The predicted molar refractivity (Wildman–Crippen MR) is 106 cm³/mol. The van der Waals surface area contributed by atoms with Gasteiger partial charge in [0.25, 0.3) is 0 Å². The van der Waals surface area contributed by atoms with Crippen LogP contribution in [0.1, 0.15) is 39.5 Å². The van der Waals surface area contributed by atoms with E-state index in [2.05, 4.69) is 64.0 Å². The maximum atomic E-state index is 4.78. The first-order valence-electron chi connectivity index (χ1n) is 7.71. The van der Waals surface area contributed by atoms with E-state index in [-0.39, 0.29) is 17.0 Å². The third-order valence-corrected chi connectivity index (χ3v) is 4.86. The maximum absolute atomic E-state index is 4.78. The molecule has 0 atom stereocenters. The molecule has 0 spiro atoms. The monoisotopic (exact) mass is 446 g/mol. The topological polar surface area (TPSA) is 17.3 Å². The van der Waals surface area contributed by atoms with E-state index in [0.717, 1.165) is 22.4 Å². The number of thiazole rings is 1. The highest BCUT2D eigenvalue weighted by atomic mass is 79.9. The van der Waals surface area contributed by atoms with Crippen LogP contribution in [0.4, 0.5) is 0 Å². The lowest BCUT2D eigenvalue weighted by Crippen LogP contribution is -2.16. The number of nitrogens with zero attached hydrogens (tertiary/aromatic N) is 2. The van der Waals surface area contributed by atoms with Crippen LogP contribution in [0.15, 0.2) is 39.1 Å². The van der Waals surface area contributed by atoms with Gasteiger partial charge in [-0.2, -0.15) is 0 Å². The minimum Gasteiger partial charge on any atom is -0.317 e. The Balaban J connectivity index is 0.00000242. The molecule has 0 aliphatic carbocycles. The summed E-state index contributed by atoms with van der Waals surface area (Å²) in [5, 5.41) is 2.24. The van der Waals surface area contributed by atoms with Crippen LogP contribution in [-0.4, -0.2) is 11.1 Å². The summed E-state index contributed by atoms with van der Waals surface area (Å²) in [6, 6.07) is 8.55. The van der Waals surface area contributed by atoms with E-state index < -0.39 is 0 Å². The second-order valence-electron chi connectivity index (χ2n) is 5.15. The molecule has 0 radical (unpaired) electrons. The first-order chi connectivity index (χ1) is 10.3. The predicted octanol–water partition coefficient (Wildman–Crippen LogP) is 6.06. The zero-order valence-corrected chi connectivity index (χ0v) is 17.3. The van der Waals surface area contributed by atoms with Crippen molar-refractivity contribution in [3.8, 4) is 11.3 Å². The highest BCUT2D eigenvalue weighted by molar-refractivity contribution is 9.10. The quantitative estimate of drug-likeness (QED) is 0.459. The van der Waals surface area contributed by atoms with Crippen molar-refractivity contribution >= 4 is 44.2 Å². The van der Waals surface area contributed by atoms with Gasteiger partial charge in [0.15, 0.2) is 4.80 Å². The van der Waals surface area contributed by atoms with Crippen LogP contribution >= 0.6 is 44.2 Å². The van der Waals surface area contributed by atoms with Crippen LogP contribution in [0.3, 0.4) is 0 Å². The first kappa shape index (κ1) is 19.7. The largest absolute Gasteiger partial charge is 0.317 e. The van der Waals surface area contributed by atoms with Gasteiger partial charge < -0.3 is 4.57 Å². The molecule has 0 unspecified atom stereocenters. The summed E-state index contributed by atoms with van der Waals surface area (Å²) < 4.78 is 3.50. The fourth-order valence-electron chi connectivity index (χ4n) is 2.17. The number of aromatic nitrogens is 1. The average molecular weight is 448 g/mol. The fourth-order valence-corrected chi connectivity index (χ4v) is 3.40. The Morgan fingerprint density at radius 1 is 1.09 bits per heavy atom. The van der Waals surface area contributed by atoms with Crippen LogP contribution < -0.4 is 4.80 Å². The molecule has 0 aliphatic heterocycles. The summed E-state index contributed by atoms with van der Waals surface area (Å²) in [6.07, 6.45) is 4.76. The standard InChI is InChI=1S/C17H23BrN2S.BrH/c1-3-5-11-19-17-20(12-6-4-2)16(13-21-17)14-7-9-15(18)10-8-14;/h7-10,13H,3-6,11-12H2,1-2H3;1H. The molecule has 0 saturated carbocycles. The van der Waals surface area contributed by atoms with Crippen LogP contribution in [0.2, 0.25) is 0 Å². The van der Waals surface area contributed by atoms with Crippen LogP contribution in [0.25, 0.3) is 11.3 Å². The van der Waals surface area contributed by atoms with Gasteiger partial charge >= 0.3 is 0 Å². The Morgan fingerprint density at radius 2 is 1.77 bits per heavy atom. The Hall–Kier alpha value is -0.390. The Bertz CT molecular complexity index is 614. The number of hydrogen-bond donors (Lipinski definition) is 0. The van der Waals surface area contributed by atoms with Crippen LogP contribution in [0, 0.1) is 0 Å². The minimum atomic E-state index is 0. The number of unbranched alkanes of at least 4 members (excludes halogenated alkanes) is 2. The van der Waals surface area contributed by atoms with Crippen molar-refractivity contribution in [2.24, 2.45) is 4.99 Å². The van der Waals surface area contributed by atoms with Gasteiger partial charge in [-0.1, -0.05) is 54.8 Å². The molecule has 2 nitrogen and oxygen atoms in total. The second kappa shape index (κ2) is 10.4. The van der Waals surface area contributed by atoms with Crippen molar-refractivity contribution < 1.29 is 0 Å².